The molecular weight excluding hydrogens is 232 g/mol. The second-order valence-electron chi connectivity index (χ2n) is 4.13. The van der Waals surface area contributed by atoms with Crippen molar-refractivity contribution in [2.45, 2.75) is 33.2 Å². The summed E-state index contributed by atoms with van der Waals surface area (Å²) in [6.07, 6.45) is 4.82. The number of aryl methyl sites for hydroxylation is 1. The summed E-state index contributed by atoms with van der Waals surface area (Å²) in [4.78, 5) is 5.74. The van der Waals surface area contributed by atoms with E-state index < -0.39 is 0 Å². The molecule has 0 aromatic carbocycles. The third-order valence-corrected chi connectivity index (χ3v) is 3.95. The topological polar surface area (TPSA) is 38.1 Å². The maximum atomic E-state index is 5.30. The van der Waals surface area contributed by atoms with Gasteiger partial charge in [-0.25, -0.2) is 4.98 Å². The molecule has 0 radical (unpaired) electrons. The predicted molar refractivity (Wildman–Crippen MR) is 71.3 cm³/mol. The number of aromatic nitrogens is 1. The predicted octanol–water partition coefficient (Wildman–Crippen LogP) is 3.77. The number of furan rings is 1. The average molecular weight is 250 g/mol. The SMILES string of the molecule is CCCNC(C)c1cnc(-c2ccoc2C)s1. The van der Waals surface area contributed by atoms with E-state index in [-0.39, 0.29) is 0 Å². The second-order valence-corrected chi connectivity index (χ2v) is 5.20. The van der Waals surface area contributed by atoms with E-state index in [0.717, 1.165) is 29.3 Å². The van der Waals surface area contributed by atoms with Crippen molar-refractivity contribution in [1.29, 1.82) is 0 Å². The van der Waals surface area contributed by atoms with Crippen molar-refractivity contribution in [3.05, 3.63) is 29.2 Å². The maximum Gasteiger partial charge on any atom is 0.127 e. The third-order valence-electron chi connectivity index (χ3n) is 2.74. The molecule has 1 unspecified atom stereocenters. The smallest absolute Gasteiger partial charge is 0.127 e. The highest BCUT2D eigenvalue weighted by Crippen LogP contribution is 2.31. The van der Waals surface area contributed by atoms with Gasteiger partial charge in [0, 0.05) is 17.1 Å². The van der Waals surface area contributed by atoms with Crippen LogP contribution in [0.4, 0.5) is 0 Å². The first-order valence-corrected chi connectivity index (χ1v) is 6.77. The van der Waals surface area contributed by atoms with Crippen LogP contribution in [-0.2, 0) is 0 Å². The van der Waals surface area contributed by atoms with Crippen LogP contribution in [0.3, 0.4) is 0 Å². The van der Waals surface area contributed by atoms with E-state index >= 15 is 0 Å². The highest BCUT2D eigenvalue weighted by atomic mass is 32.1. The van der Waals surface area contributed by atoms with Gasteiger partial charge < -0.3 is 9.73 Å². The zero-order chi connectivity index (χ0) is 12.3. The summed E-state index contributed by atoms with van der Waals surface area (Å²) in [5, 5.41) is 4.51. The molecule has 2 rings (SSSR count). The first kappa shape index (κ1) is 12.3. The van der Waals surface area contributed by atoms with E-state index in [2.05, 4.69) is 24.1 Å². The van der Waals surface area contributed by atoms with Gasteiger partial charge >= 0.3 is 0 Å². The number of rotatable bonds is 5. The molecule has 0 aliphatic carbocycles. The van der Waals surface area contributed by atoms with Crippen molar-refractivity contribution < 1.29 is 4.42 Å². The normalized spacial score (nSPS) is 12.9. The summed E-state index contributed by atoms with van der Waals surface area (Å²) < 4.78 is 5.30. The van der Waals surface area contributed by atoms with Gasteiger partial charge in [0.1, 0.15) is 10.8 Å². The van der Waals surface area contributed by atoms with Crippen LogP contribution in [0, 0.1) is 6.92 Å². The number of hydrogen-bond donors (Lipinski definition) is 1. The summed E-state index contributed by atoms with van der Waals surface area (Å²) in [7, 11) is 0. The zero-order valence-electron chi connectivity index (χ0n) is 10.5. The van der Waals surface area contributed by atoms with Gasteiger partial charge in [-0.2, -0.15) is 0 Å². The fourth-order valence-electron chi connectivity index (χ4n) is 1.68. The maximum absolute atomic E-state index is 5.30. The first-order valence-electron chi connectivity index (χ1n) is 5.96. The van der Waals surface area contributed by atoms with Crippen LogP contribution in [0.5, 0.6) is 0 Å². The Morgan fingerprint density at radius 2 is 2.35 bits per heavy atom. The quantitative estimate of drug-likeness (QED) is 0.877. The lowest BCUT2D eigenvalue weighted by atomic mass is 10.3. The molecule has 0 bridgehead atoms. The van der Waals surface area contributed by atoms with Crippen molar-refractivity contribution in [3.63, 3.8) is 0 Å². The van der Waals surface area contributed by atoms with Gasteiger partial charge in [0.25, 0.3) is 0 Å². The van der Waals surface area contributed by atoms with Gasteiger partial charge in [0.2, 0.25) is 0 Å². The Morgan fingerprint density at radius 1 is 1.53 bits per heavy atom. The molecule has 3 nitrogen and oxygen atoms in total. The van der Waals surface area contributed by atoms with Crippen LogP contribution < -0.4 is 5.32 Å². The fraction of sp³-hybridized carbons (Fsp3) is 0.462. The third kappa shape index (κ3) is 2.76. The summed E-state index contributed by atoms with van der Waals surface area (Å²) in [5.41, 5.74) is 1.10. The van der Waals surface area contributed by atoms with Crippen LogP contribution in [-0.4, -0.2) is 11.5 Å². The lowest BCUT2D eigenvalue weighted by Gasteiger charge is -2.09. The van der Waals surface area contributed by atoms with E-state index in [4.69, 9.17) is 4.42 Å². The van der Waals surface area contributed by atoms with Gasteiger partial charge in [0.05, 0.1) is 11.8 Å². The minimum atomic E-state index is 0.369. The molecule has 0 fully saturated rings. The van der Waals surface area contributed by atoms with E-state index in [0.29, 0.717) is 6.04 Å². The lowest BCUT2D eigenvalue weighted by Crippen LogP contribution is -2.18. The van der Waals surface area contributed by atoms with Crippen LogP contribution in [0.2, 0.25) is 0 Å². The Balaban J connectivity index is 2.13. The summed E-state index contributed by atoms with van der Waals surface area (Å²) in [6, 6.07) is 2.34. The van der Waals surface area contributed by atoms with Crippen molar-refractivity contribution in [1.82, 2.24) is 10.3 Å². The van der Waals surface area contributed by atoms with Crippen LogP contribution in [0.25, 0.3) is 10.6 Å². The van der Waals surface area contributed by atoms with Crippen LogP contribution in [0.1, 0.15) is 36.9 Å². The average Bonchev–Trinajstić information content (AvgIpc) is 2.93. The minimum absolute atomic E-state index is 0.369. The highest BCUT2D eigenvalue weighted by Gasteiger charge is 2.12. The Kier molecular flexibility index (Phi) is 3.97. The van der Waals surface area contributed by atoms with Crippen molar-refractivity contribution in [3.8, 4) is 10.6 Å². The number of thiazole rings is 1. The molecular formula is C13H18N2OS. The zero-order valence-corrected chi connectivity index (χ0v) is 11.3. The van der Waals surface area contributed by atoms with Crippen molar-refractivity contribution >= 4 is 11.3 Å². The molecule has 0 saturated heterocycles. The Labute approximate surface area is 106 Å². The van der Waals surface area contributed by atoms with E-state index in [9.17, 15) is 0 Å². The molecule has 0 aliphatic heterocycles. The number of nitrogens with zero attached hydrogens (tertiary/aromatic N) is 1. The summed E-state index contributed by atoms with van der Waals surface area (Å²) >= 11 is 1.73. The van der Waals surface area contributed by atoms with Gasteiger partial charge in [-0.05, 0) is 32.9 Å². The first-order chi connectivity index (χ1) is 8.22. The van der Waals surface area contributed by atoms with Gasteiger partial charge in [0.15, 0.2) is 0 Å². The van der Waals surface area contributed by atoms with E-state index in [1.54, 1.807) is 17.6 Å². The molecule has 1 N–H and O–H groups in total. The van der Waals surface area contributed by atoms with Gasteiger partial charge in [-0.1, -0.05) is 6.92 Å². The molecule has 2 heterocycles. The van der Waals surface area contributed by atoms with Crippen molar-refractivity contribution in [2.75, 3.05) is 6.54 Å². The molecule has 0 spiro atoms. The molecule has 17 heavy (non-hydrogen) atoms. The Morgan fingerprint density at radius 3 is 3.00 bits per heavy atom. The number of nitrogens with one attached hydrogen (secondary N) is 1. The molecule has 0 amide bonds. The largest absolute Gasteiger partial charge is 0.469 e. The van der Waals surface area contributed by atoms with Crippen LogP contribution >= 0.6 is 11.3 Å². The molecule has 2 aromatic rings. The summed E-state index contributed by atoms with van der Waals surface area (Å²) in [6.45, 7) is 7.36. The van der Waals surface area contributed by atoms with Crippen molar-refractivity contribution in [2.24, 2.45) is 0 Å². The minimum Gasteiger partial charge on any atom is -0.469 e. The molecule has 92 valence electrons. The highest BCUT2D eigenvalue weighted by molar-refractivity contribution is 7.15. The molecule has 0 saturated carbocycles. The summed E-state index contributed by atoms with van der Waals surface area (Å²) in [5.74, 6) is 0.931. The Hall–Kier alpha value is -1.13. The molecule has 0 aliphatic rings. The lowest BCUT2D eigenvalue weighted by molar-refractivity contribution is 0.535. The second kappa shape index (κ2) is 5.47. The van der Waals surface area contributed by atoms with Crippen LogP contribution in [0.15, 0.2) is 22.9 Å². The molecule has 4 heteroatoms. The molecule has 1 atom stereocenters. The Bertz CT molecular complexity index is 475. The van der Waals surface area contributed by atoms with E-state index in [1.165, 1.54) is 4.88 Å². The van der Waals surface area contributed by atoms with Gasteiger partial charge in [-0.3, -0.25) is 0 Å². The monoisotopic (exact) mass is 250 g/mol. The number of hydrogen-bond acceptors (Lipinski definition) is 4. The van der Waals surface area contributed by atoms with Gasteiger partial charge in [-0.15, -0.1) is 11.3 Å². The standard InChI is InChI=1S/C13H18N2OS/c1-4-6-14-9(2)12-8-15-13(17-12)11-5-7-16-10(11)3/h5,7-9,14H,4,6H2,1-3H3. The molecule has 2 aromatic heterocycles. The van der Waals surface area contributed by atoms with E-state index in [1.807, 2.05) is 19.2 Å². The fourth-order valence-corrected chi connectivity index (χ4v) is 2.70.